The smallest absolute Gasteiger partial charge is 0.287 e. The molecule has 1 aromatic heterocycles. The molecule has 0 bridgehead atoms. The Morgan fingerprint density at radius 2 is 1.95 bits per heavy atom. The van der Waals surface area contributed by atoms with Crippen LogP contribution < -0.4 is 10.9 Å². The summed E-state index contributed by atoms with van der Waals surface area (Å²) in [5.74, 6) is 0. The van der Waals surface area contributed by atoms with Gasteiger partial charge < -0.3 is 10.2 Å². The maximum Gasteiger partial charge on any atom is 0.287 e. The predicted molar refractivity (Wildman–Crippen MR) is 87.3 cm³/mol. The molecule has 0 aliphatic carbocycles. The summed E-state index contributed by atoms with van der Waals surface area (Å²) in [6.45, 7) is 7.93. The lowest BCUT2D eigenvalue weighted by Gasteiger charge is -2.20. The molecule has 1 N–H and O–H groups in total. The lowest BCUT2D eigenvalue weighted by molar-refractivity contribution is 0.296. The van der Waals surface area contributed by atoms with Gasteiger partial charge in [0.25, 0.3) is 5.56 Å². The molecule has 0 unspecified atom stereocenters. The number of likely N-dealkylation sites (tertiary alicyclic amines) is 1. The quantitative estimate of drug-likeness (QED) is 0.908. The molecule has 0 amide bonds. The van der Waals surface area contributed by atoms with E-state index >= 15 is 0 Å². The van der Waals surface area contributed by atoms with Crippen LogP contribution in [0.25, 0.3) is 0 Å². The van der Waals surface area contributed by atoms with Gasteiger partial charge in [-0.2, -0.15) is 5.10 Å². The monoisotopic (exact) mass is 312 g/mol. The molecular weight excluding hydrogens is 288 g/mol. The fourth-order valence-corrected chi connectivity index (χ4v) is 2.85. The van der Waals surface area contributed by atoms with Crippen molar-refractivity contribution < 1.29 is 0 Å². The van der Waals surface area contributed by atoms with Crippen LogP contribution in [0.5, 0.6) is 0 Å². The molecule has 118 valence electrons. The highest BCUT2D eigenvalue weighted by molar-refractivity contribution is 6.32. The number of nitrogens with one attached hydrogen (secondary N) is 1. The van der Waals surface area contributed by atoms with Gasteiger partial charge in [0.15, 0.2) is 0 Å². The molecule has 2 rings (SSSR count). The first-order valence-corrected chi connectivity index (χ1v) is 8.21. The molecule has 21 heavy (non-hydrogen) atoms. The molecule has 1 fully saturated rings. The Hall–Kier alpha value is -1.07. The SMILES string of the molecule is CC(C)n1ncc(NCCN2CCCCCC2)c(Cl)c1=O. The van der Waals surface area contributed by atoms with Gasteiger partial charge in [-0.3, -0.25) is 4.79 Å². The Morgan fingerprint density at radius 1 is 1.29 bits per heavy atom. The Kier molecular flexibility index (Phi) is 6.06. The number of rotatable bonds is 5. The van der Waals surface area contributed by atoms with Crippen LogP contribution in [-0.4, -0.2) is 40.9 Å². The highest BCUT2D eigenvalue weighted by atomic mass is 35.5. The summed E-state index contributed by atoms with van der Waals surface area (Å²) < 4.78 is 1.41. The van der Waals surface area contributed by atoms with E-state index in [1.807, 2.05) is 13.8 Å². The molecule has 0 radical (unpaired) electrons. The number of hydrogen-bond acceptors (Lipinski definition) is 4. The molecule has 0 aromatic carbocycles. The molecule has 1 aromatic rings. The minimum absolute atomic E-state index is 0.0150. The van der Waals surface area contributed by atoms with Crippen molar-refractivity contribution in [3.05, 3.63) is 21.6 Å². The van der Waals surface area contributed by atoms with Gasteiger partial charge in [-0.05, 0) is 39.8 Å². The van der Waals surface area contributed by atoms with Gasteiger partial charge in [-0.1, -0.05) is 24.4 Å². The molecule has 6 heteroatoms. The van der Waals surface area contributed by atoms with Crippen LogP contribution in [0.15, 0.2) is 11.0 Å². The van der Waals surface area contributed by atoms with E-state index < -0.39 is 0 Å². The summed E-state index contributed by atoms with van der Waals surface area (Å²) in [6.07, 6.45) is 6.89. The number of hydrogen-bond donors (Lipinski definition) is 1. The third-order valence-electron chi connectivity index (χ3n) is 3.87. The van der Waals surface area contributed by atoms with E-state index in [0.717, 1.165) is 13.1 Å². The van der Waals surface area contributed by atoms with Gasteiger partial charge in [0.05, 0.1) is 17.9 Å². The summed E-state index contributed by atoms with van der Waals surface area (Å²) in [4.78, 5) is 14.5. The number of halogens is 1. The van der Waals surface area contributed by atoms with E-state index in [-0.39, 0.29) is 16.6 Å². The molecule has 0 atom stereocenters. The van der Waals surface area contributed by atoms with Crippen molar-refractivity contribution in [1.82, 2.24) is 14.7 Å². The van der Waals surface area contributed by atoms with Gasteiger partial charge in [-0.25, -0.2) is 4.68 Å². The second kappa shape index (κ2) is 7.80. The van der Waals surface area contributed by atoms with Gasteiger partial charge in [0, 0.05) is 13.1 Å². The normalized spacial score (nSPS) is 17.0. The maximum absolute atomic E-state index is 12.1. The lowest BCUT2D eigenvalue weighted by Crippen LogP contribution is -2.31. The van der Waals surface area contributed by atoms with E-state index in [2.05, 4.69) is 15.3 Å². The highest BCUT2D eigenvalue weighted by Gasteiger charge is 2.12. The average Bonchev–Trinajstić information content (AvgIpc) is 2.72. The summed E-state index contributed by atoms with van der Waals surface area (Å²) in [5, 5.41) is 7.63. The molecule has 2 heterocycles. The summed E-state index contributed by atoms with van der Waals surface area (Å²) in [5.41, 5.74) is 0.403. The second-order valence-corrected chi connectivity index (χ2v) is 6.28. The first-order valence-electron chi connectivity index (χ1n) is 7.83. The molecule has 0 spiro atoms. The van der Waals surface area contributed by atoms with Crippen molar-refractivity contribution in [2.75, 3.05) is 31.5 Å². The minimum atomic E-state index is -0.230. The molecule has 1 saturated heterocycles. The molecule has 5 nitrogen and oxygen atoms in total. The van der Waals surface area contributed by atoms with Crippen LogP contribution in [-0.2, 0) is 0 Å². The Bertz CT molecular complexity index is 507. The second-order valence-electron chi connectivity index (χ2n) is 5.90. The fraction of sp³-hybridized carbons (Fsp3) is 0.733. The van der Waals surface area contributed by atoms with Crippen molar-refractivity contribution in [2.24, 2.45) is 0 Å². The topological polar surface area (TPSA) is 50.2 Å². The molecule has 1 aliphatic heterocycles. The van der Waals surface area contributed by atoms with E-state index in [1.165, 1.54) is 43.5 Å². The third kappa shape index (κ3) is 4.45. The maximum atomic E-state index is 12.1. The zero-order valence-electron chi connectivity index (χ0n) is 12.9. The van der Waals surface area contributed by atoms with Crippen LogP contribution in [0.4, 0.5) is 5.69 Å². The summed E-state index contributed by atoms with van der Waals surface area (Å²) >= 11 is 6.14. The summed E-state index contributed by atoms with van der Waals surface area (Å²) in [6, 6.07) is 0.0150. The first-order chi connectivity index (χ1) is 10.1. The highest BCUT2D eigenvalue weighted by Crippen LogP contribution is 2.16. The Morgan fingerprint density at radius 3 is 2.57 bits per heavy atom. The minimum Gasteiger partial charge on any atom is -0.381 e. The van der Waals surface area contributed by atoms with Crippen LogP contribution in [0.1, 0.15) is 45.6 Å². The largest absolute Gasteiger partial charge is 0.381 e. The van der Waals surface area contributed by atoms with Crippen molar-refractivity contribution in [1.29, 1.82) is 0 Å². The zero-order valence-corrected chi connectivity index (χ0v) is 13.7. The third-order valence-corrected chi connectivity index (χ3v) is 4.24. The van der Waals surface area contributed by atoms with E-state index in [0.29, 0.717) is 5.69 Å². The zero-order chi connectivity index (χ0) is 15.2. The van der Waals surface area contributed by atoms with Gasteiger partial charge in [0.2, 0.25) is 0 Å². The standard InChI is InChI=1S/C15H25ClN4O/c1-12(2)20-15(21)14(16)13(11-18-20)17-7-10-19-8-5-3-4-6-9-19/h11-12,17H,3-10H2,1-2H3. The van der Waals surface area contributed by atoms with Crippen molar-refractivity contribution in [3.8, 4) is 0 Å². The average molecular weight is 313 g/mol. The van der Waals surface area contributed by atoms with E-state index in [4.69, 9.17) is 11.6 Å². The van der Waals surface area contributed by atoms with Gasteiger partial charge >= 0.3 is 0 Å². The Labute approximate surface area is 131 Å². The van der Waals surface area contributed by atoms with Crippen molar-refractivity contribution in [2.45, 2.75) is 45.6 Å². The first kappa shape index (κ1) is 16.3. The van der Waals surface area contributed by atoms with Crippen molar-refractivity contribution in [3.63, 3.8) is 0 Å². The van der Waals surface area contributed by atoms with Crippen LogP contribution in [0.2, 0.25) is 5.02 Å². The summed E-state index contributed by atoms with van der Waals surface area (Å²) in [7, 11) is 0. The van der Waals surface area contributed by atoms with Crippen LogP contribution in [0.3, 0.4) is 0 Å². The predicted octanol–water partition coefficient (Wildman–Crippen LogP) is 2.77. The van der Waals surface area contributed by atoms with E-state index in [1.54, 1.807) is 6.20 Å². The van der Waals surface area contributed by atoms with Crippen LogP contribution >= 0.6 is 11.6 Å². The van der Waals surface area contributed by atoms with Crippen LogP contribution in [0, 0.1) is 0 Å². The molecule has 1 aliphatic rings. The molecule has 0 saturated carbocycles. The fourth-order valence-electron chi connectivity index (χ4n) is 2.64. The lowest BCUT2D eigenvalue weighted by atomic mass is 10.2. The Balaban J connectivity index is 1.91. The molecular formula is C15H25ClN4O. The van der Waals surface area contributed by atoms with Crippen molar-refractivity contribution >= 4 is 17.3 Å². The van der Waals surface area contributed by atoms with E-state index in [9.17, 15) is 4.79 Å². The van der Waals surface area contributed by atoms with Gasteiger partial charge in [0.1, 0.15) is 5.02 Å². The number of anilines is 1. The number of aromatic nitrogens is 2. The number of nitrogens with zero attached hydrogens (tertiary/aromatic N) is 3. The van der Waals surface area contributed by atoms with Gasteiger partial charge in [-0.15, -0.1) is 0 Å².